The van der Waals surface area contributed by atoms with Gasteiger partial charge in [0.2, 0.25) is 0 Å². The van der Waals surface area contributed by atoms with Gasteiger partial charge in [0.05, 0.1) is 5.56 Å². The highest BCUT2D eigenvalue weighted by Crippen LogP contribution is 2.26. The number of benzene rings is 3. The zero-order chi connectivity index (χ0) is 27.5. The fraction of sp³-hybridized carbons (Fsp3) is 0.355. The van der Waals surface area contributed by atoms with E-state index in [0.717, 1.165) is 62.5 Å². The van der Waals surface area contributed by atoms with Crippen molar-refractivity contribution in [1.82, 2.24) is 10.2 Å². The lowest BCUT2D eigenvalue weighted by molar-refractivity contribution is 0.0949. The van der Waals surface area contributed by atoms with Crippen molar-refractivity contribution >= 4 is 29.0 Å². The van der Waals surface area contributed by atoms with E-state index in [2.05, 4.69) is 56.9 Å². The van der Waals surface area contributed by atoms with Gasteiger partial charge in [-0.05, 0) is 54.3 Å². The molecule has 0 saturated carbocycles. The highest BCUT2D eigenvalue weighted by Gasteiger charge is 2.22. The molecule has 1 heterocycles. The SMILES string of the molecule is CCc1cccc(NC(=O)Nc2ccc(N3CCN(Cc4ccccc4)CC3)c(C(=O)NCCCOC)c2)c1. The highest BCUT2D eigenvalue weighted by molar-refractivity contribution is 6.04. The summed E-state index contributed by atoms with van der Waals surface area (Å²) in [5.41, 5.74) is 5.17. The molecular formula is C31H39N5O3. The summed E-state index contributed by atoms with van der Waals surface area (Å²) in [4.78, 5) is 30.7. The van der Waals surface area contributed by atoms with Crippen LogP contribution in [-0.4, -0.2) is 63.3 Å². The third kappa shape index (κ3) is 8.30. The maximum absolute atomic E-state index is 13.3. The Morgan fingerprint density at radius 3 is 2.28 bits per heavy atom. The maximum atomic E-state index is 13.3. The topological polar surface area (TPSA) is 85.9 Å². The summed E-state index contributed by atoms with van der Waals surface area (Å²) in [5, 5.41) is 8.78. The van der Waals surface area contributed by atoms with Gasteiger partial charge in [-0.3, -0.25) is 9.69 Å². The molecule has 0 radical (unpaired) electrons. The third-order valence-corrected chi connectivity index (χ3v) is 6.86. The summed E-state index contributed by atoms with van der Waals surface area (Å²) in [6, 6.07) is 23.5. The van der Waals surface area contributed by atoms with Gasteiger partial charge in [0.1, 0.15) is 0 Å². The first-order valence-electron chi connectivity index (χ1n) is 13.6. The largest absolute Gasteiger partial charge is 0.385 e. The van der Waals surface area contributed by atoms with Crippen LogP contribution >= 0.6 is 0 Å². The smallest absolute Gasteiger partial charge is 0.323 e. The van der Waals surface area contributed by atoms with Crippen molar-refractivity contribution in [2.45, 2.75) is 26.3 Å². The molecule has 0 atom stereocenters. The number of nitrogens with zero attached hydrogens (tertiary/aromatic N) is 2. The lowest BCUT2D eigenvalue weighted by Crippen LogP contribution is -2.46. The number of carbonyl (C=O) groups is 2. The van der Waals surface area contributed by atoms with Crippen molar-refractivity contribution in [3.05, 3.63) is 89.5 Å². The van der Waals surface area contributed by atoms with Gasteiger partial charge in [-0.25, -0.2) is 4.79 Å². The average molecular weight is 530 g/mol. The van der Waals surface area contributed by atoms with Gasteiger partial charge in [-0.1, -0.05) is 49.4 Å². The van der Waals surface area contributed by atoms with Crippen LogP contribution in [0.3, 0.4) is 0 Å². The summed E-state index contributed by atoms with van der Waals surface area (Å²) in [6.07, 6.45) is 1.62. The average Bonchev–Trinajstić information content (AvgIpc) is 2.96. The number of methoxy groups -OCH3 is 1. The first kappa shape index (κ1) is 28.1. The first-order chi connectivity index (χ1) is 19.1. The van der Waals surface area contributed by atoms with Crippen molar-refractivity contribution in [3.8, 4) is 0 Å². The molecule has 1 aliphatic heterocycles. The van der Waals surface area contributed by atoms with E-state index in [4.69, 9.17) is 4.74 Å². The molecule has 0 aromatic heterocycles. The summed E-state index contributed by atoms with van der Waals surface area (Å²) >= 11 is 0. The van der Waals surface area contributed by atoms with E-state index < -0.39 is 0 Å². The number of aryl methyl sites for hydroxylation is 1. The Balaban J connectivity index is 1.45. The molecule has 1 fully saturated rings. The zero-order valence-corrected chi connectivity index (χ0v) is 22.9. The number of hydrogen-bond donors (Lipinski definition) is 3. The summed E-state index contributed by atoms with van der Waals surface area (Å²) in [6.45, 7) is 7.54. The second kappa shape index (κ2) is 14.3. The summed E-state index contributed by atoms with van der Waals surface area (Å²) in [7, 11) is 1.65. The monoisotopic (exact) mass is 529 g/mol. The lowest BCUT2D eigenvalue weighted by Gasteiger charge is -2.37. The van der Waals surface area contributed by atoms with Crippen LogP contribution in [0, 0.1) is 0 Å². The number of rotatable bonds is 11. The van der Waals surface area contributed by atoms with Gasteiger partial charge in [-0.2, -0.15) is 0 Å². The number of carbonyl (C=O) groups excluding carboxylic acids is 2. The van der Waals surface area contributed by atoms with Crippen LogP contribution in [0.15, 0.2) is 72.8 Å². The zero-order valence-electron chi connectivity index (χ0n) is 22.9. The molecule has 3 aromatic carbocycles. The minimum absolute atomic E-state index is 0.160. The number of urea groups is 1. The first-order valence-corrected chi connectivity index (χ1v) is 13.6. The quantitative estimate of drug-likeness (QED) is 0.305. The lowest BCUT2D eigenvalue weighted by atomic mass is 10.1. The molecule has 206 valence electrons. The second-order valence-electron chi connectivity index (χ2n) is 9.72. The van der Waals surface area contributed by atoms with Crippen LogP contribution in [0.4, 0.5) is 21.9 Å². The molecular weight excluding hydrogens is 490 g/mol. The van der Waals surface area contributed by atoms with Gasteiger partial charge in [-0.15, -0.1) is 0 Å². The maximum Gasteiger partial charge on any atom is 0.323 e. The number of nitrogens with one attached hydrogen (secondary N) is 3. The Kier molecular flexibility index (Phi) is 10.3. The van der Waals surface area contributed by atoms with Crippen LogP contribution in [0.1, 0.15) is 34.8 Å². The van der Waals surface area contributed by atoms with Crippen molar-refractivity contribution < 1.29 is 14.3 Å². The van der Waals surface area contributed by atoms with Gasteiger partial charge < -0.3 is 25.6 Å². The number of hydrogen-bond acceptors (Lipinski definition) is 5. The van der Waals surface area contributed by atoms with Gasteiger partial charge in [0.25, 0.3) is 5.91 Å². The number of amides is 3. The molecule has 8 heteroatoms. The molecule has 1 saturated heterocycles. The van der Waals surface area contributed by atoms with Crippen LogP contribution in [0.2, 0.25) is 0 Å². The van der Waals surface area contributed by atoms with E-state index in [-0.39, 0.29) is 11.9 Å². The molecule has 3 aromatic rings. The predicted molar refractivity (Wildman–Crippen MR) is 158 cm³/mol. The summed E-state index contributed by atoms with van der Waals surface area (Å²) in [5.74, 6) is -0.160. The Hall–Kier alpha value is -3.88. The van der Waals surface area contributed by atoms with E-state index in [1.165, 1.54) is 5.56 Å². The van der Waals surface area contributed by atoms with Crippen molar-refractivity contribution in [1.29, 1.82) is 0 Å². The minimum Gasteiger partial charge on any atom is -0.385 e. The van der Waals surface area contributed by atoms with E-state index >= 15 is 0 Å². The number of anilines is 3. The molecule has 1 aliphatic rings. The molecule has 3 N–H and O–H groups in total. The normalized spacial score (nSPS) is 13.6. The van der Waals surface area contributed by atoms with Crippen LogP contribution in [-0.2, 0) is 17.7 Å². The Labute approximate surface area is 231 Å². The Morgan fingerprint density at radius 2 is 1.56 bits per heavy atom. The van der Waals surface area contributed by atoms with Crippen LogP contribution in [0.25, 0.3) is 0 Å². The van der Waals surface area contributed by atoms with Crippen LogP contribution < -0.4 is 20.9 Å². The fourth-order valence-electron chi connectivity index (χ4n) is 4.74. The van der Waals surface area contributed by atoms with Crippen LogP contribution in [0.5, 0.6) is 0 Å². The second-order valence-corrected chi connectivity index (χ2v) is 9.72. The molecule has 3 amide bonds. The third-order valence-electron chi connectivity index (χ3n) is 6.86. The molecule has 8 nitrogen and oxygen atoms in total. The number of piperazine rings is 1. The van der Waals surface area contributed by atoms with Crippen molar-refractivity contribution in [2.24, 2.45) is 0 Å². The molecule has 0 spiro atoms. The Morgan fingerprint density at radius 1 is 0.846 bits per heavy atom. The minimum atomic E-state index is -0.350. The molecule has 0 unspecified atom stereocenters. The molecule has 0 bridgehead atoms. The van der Waals surface area contributed by atoms with E-state index in [1.807, 2.05) is 42.5 Å². The predicted octanol–water partition coefficient (Wildman–Crippen LogP) is 4.98. The van der Waals surface area contributed by atoms with Gasteiger partial charge in [0, 0.05) is 70.0 Å². The van der Waals surface area contributed by atoms with E-state index in [9.17, 15) is 9.59 Å². The standard InChI is InChI=1S/C31H39N5O3/c1-3-24-11-7-12-26(21-24)33-31(38)34-27-13-14-29(28(22-27)30(37)32-15-8-20-39-2)36-18-16-35(17-19-36)23-25-9-5-4-6-10-25/h4-7,9-14,21-22H,3,8,15-20,23H2,1-2H3,(H,32,37)(H2,33,34,38). The Bertz CT molecular complexity index is 1230. The van der Waals surface area contributed by atoms with Crippen molar-refractivity contribution in [2.75, 3.05) is 62.0 Å². The highest BCUT2D eigenvalue weighted by atomic mass is 16.5. The number of ether oxygens (including phenoxy) is 1. The van der Waals surface area contributed by atoms with E-state index in [0.29, 0.717) is 24.4 Å². The van der Waals surface area contributed by atoms with E-state index in [1.54, 1.807) is 13.2 Å². The van der Waals surface area contributed by atoms with Gasteiger partial charge in [0.15, 0.2) is 0 Å². The molecule has 4 rings (SSSR count). The fourth-order valence-corrected chi connectivity index (χ4v) is 4.74. The molecule has 0 aliphatic carbocycles. The van der Waals surface area contributed by atoms with Crippen molar-refractivity contribution in [3.63, 3.8) is 0 Å². The van der Waals surface area contributed by atoms with Gasteiger partial charge >= 0.3 is 6.03 Å². The molecule has 39 heavy (non-hydrogen) atoms. The summed E-state index contributed by atoms with van der Waals surface area (Å²) < 4.78 is 5.11.